The number of hydrogen-bond acceptors (Lipinski definition) is 4. The molecule has 1 aromatic heterocycles. The molecule has 7 heteroatoms. The monoisotopic (exact) mass is 482 g/mol. The van der Waals surface area contributed by atoms with Crippen molar-refractivity contribution in [2.75, 3.05) is 0 Å². The first-order valence-corrected chi connectivity index (χ1v) is 12.0. The smallest absolute Gasteiger partial charge is 0.344 e. The Balaban J connectivity index is 1.80. The zero-order valence-corrected chi connectivity index (χ0v) is 20.9. The molecule has 36 heavy (non-hydrogen) atoms. The Morgan fingerprint density at radius 2 is 1.50 bits per heavy atom. The lowest BCUT2D eigenvalue weighted by atomic mass is 10.0. The lowest BCUT2D eigenvalue weighted by Crippen LogP contribution is -2.46. The van der Waals surface area contributed by atoms with Crippen molar-refractivity contribution in [2.45, 2.75) is 46.2 Å². The number of rotatable bonds is 7. The Labute approximate surface area is 210 Å². The summed E-state index contributed by atoms with van der Waals surface area (Å²) in [4.78, 5) is 40.0. The molecule has 0 aliphatic carbocycles. The second-order valence-electron chi connectivity index (χ2n) is 9.27. The van der Waals surface area contributed by atoms with Crippen LogP contribution in [0.3, 0.4) is 0 Å². The van der Waals surface area contributed by atoms with Gasteiger partial charge in [0, 0.05) is 0 Å². The fourth-order valence-corrected chi connectivity index (χ4v) is 3.93. The van der Waals surface area contributed by atoms with E-state index in [1.165, 1.54) is 0 Å². The van der Waals surface area contributed by atoms with Crippen molar-refractivity contribution in [3.8, 4) is 5.69 Å². The Morgan fingerprint density at radius 1 is 0.861 bits per heavy atom. The molecule has 4 rings (SSSR count). The molecule has 0 unspecified atom stereocenters. The molecule has 0 aliphatic rings. The predicted octanol–water partition coefficient (Wildman–Crippen LogP) is 4.37. The summed E-state index contributed by atoms with van der Waals surface area (Å²) in [6, 6.07) is 24.0. The highest BCUT2D eigenvalue weighted by Gasteiger charge is 2.22. The van der Waals surface area contributed by atoms with E-state index in [9.17, 15) is 14.4 Å². The number of amides is 1. The first-order valence-electron chi connectivity index (χ1n) is 12.0. The zero-order valence-electron chi connectivity index (χ0n) is 20.9. The number of aryl methyl sites for hydroxylation is 1. The summed E-state index contributed by atoms with van der Waals surface area (Å²) in [5.41, 5.74) is 2.65. The SMILES string of the molecule is Cc1ccc(Cn2c(=O)c(C(=O)N[C@@H](C)c3ccccc3)nn(-c3ccc(C(C)C)cc3)c2=O)cc1. The van der Waals surface area contributed by atoms with Gasteiger partial charge in [-0.3, -0.25) is 14.2 Å². The van der Waals surface area contributed by atoms with Crippen LogP contribution in [0.15, 0.2) is 88.5 Å². The fourth-order valence-electron chi connectivity index (χ4n) is 3.93. The highest BCUT2D eigenvalue weighted by Crippen LogP contribution is 2.16. The van der Waals surface area contributed by atoms with Crippen LogP contribution < -0.4 is 16.6 Å². The highest BCUT2D eigenvalue weighted by atomic mass is 16.2. The standard InChI is InChI=1S/C29H30N4O3/c1-19(2)23-14-16-25(17-15-23)33-29(36)32(18-22-12-10-20(3)11-13-22)28(35)26(31-33)27(34)30-21(4)24-8-6-5-7-9-24/h5-17,19,21H,18H2,1-4H3,(H,30,34)/t21-/m0/s1. The number of nitrogens with one attached hydrogen (secondary N) is 1. The average Bonchev–Trinajstić information content (AvgIpc) is 2.88. The molecule has 0 spiro atoms. The van der Waals surface area contributed by atoms with Crippen LogP contribution in [0.5, 0.6) is 0 Å². The van der Waals surface area contributed by atoms with Crippen molar-refractivity contribution in [3.63, 3.8) is 0 Å². The Hall–Kier alpha value is -4.26. The van der Waals surface area contributed by atoms with Crippen LogP contribution in [-0.4, -0.2) is 20.3 Å². The van der Waals surface area contributed by atoms with Crippen LogP contribution in [0.1, 0.15) is 65.5 Å². The summed E-state index contributed by atoms with van der Waals surface area (Å²) in [5.74, 6) is -0.318. The van der Waals surface area contributed by atoms with Crippen LogP contribution in [-0.2, 0) is 6.54 Å². The maximum absolute atomic E-state index is 13.4. The maximum atomic E-state index is 13.4. The normalized spacial score (nSPS) is 11.9. The Morgan fingerprint density at radius 3 is 2.11 bits per heavy atom. The van der Waals surface area contributed by atoms with Gasteiger partial charge >= 0.3 is 5.69 Å². The summed E-state index contributed by atoms with van der Waals surface area (Å²) in [6.07, 6.45) is 0. The number of carbonyl (C=O) groups is 1. The van der Waals surface area contributed by atoms with Gasteiger partial charge in [0.1, 0.15) is 0 Å². The Kier molecular flexibility index (Phi) is 7.29. The summed E-state index contributed by atoms with van der Waals surface area (Å²) < 4.78 is 2.19. The van der Waals surface area contributed by atoms with Crippen molar-refractivity contribution < 1.29 is 4.79 Å². The van der Waals surface area contributed by atoms with Gasteiger partial charge in [-0.05, 0) is 48.6 Å². The second kappa shape index (κ2) is 10.6. The van der Waals surface area contributed by atoms with E-state index in [-0.39, 0.29) is 18.3 Å². The number of benzene rings is 3. The van der Waals surface area contributed by atoms with E-state index < -0.39 is 17.2 Å². The average molecular weight is 483 g/mol. The lowest BCUT2D eigenvalue weighted by Gasteiger charge is -2.16. The topological polar surface area (TPSA) is 86.0 Å². The molecule has 0 aliphatic heterocycles. The first-order chi connectivity index (χ1) is 17.2. The van der Waals surface area contributed by atoms with E-state index in [1.54, 1.807) is 12.1 Å². The molecule has 0 saturated carbocycles. The molecule has 1 amide bonds. The van der Waals surface area contributed by atoms with Gasteiger partial charge in [-0.2, -0.15) is 9.78 Å². The van der Waals surface area contributed by atoms with Gasteiger partial charge in [0.25, 0.3) is 11.5 Å². The molecule has 1 heterocycles. The van der Waals surface area contributed by atoms with E-state index in [4.69, 9.17) is 0 Å². The van der Waals surface area contributed by atoms with Crippen molar-refractivity contribution in [1.82, 2.24) is 19.7 Å². The van der Waals surface area contributed by atoms with Crippen LogP contribution >= 0.6 is 0 Å². The largest absolute Gasteiger partial charge is 0.352 e. The van der Waals surface area contributed by atoms with Crippen LogP contribution in [0, 0.1) is 6.92 Å². The van der Waals surface area contributed by atoms with Crippen LogP contribution in [0.2, 0.25) is 0 Å². The molecule has 0 saturated heterocycles. The van der Waals surface area contributed by atoms with E-state index in [1.807, 2.05) is 80.6 Å². The van der Waals surface area contributed by atoms with Gasteiger partial charge < -0.3 is 5.32 Å². The molecule has 0 radical (unpaired) electrons. The minimum atomic E-state index is -0.728. The van der Waals surface area contributed by atoms with Gasteiger partial charge in [-0.1, -0.05) is 86.1 Å². The molecule has 4 aromatic rings. The van der Waals surface area contributed by atoms with E-state index in [0.29, 0.717) is 11.6 Å². The van der Waals surface area contributed by atoms with Gasteiger partial charge in [-0.25, -0.2) is 4.79 Å². The molecular formula is C29H30N4O3. The van der Waals surface area contributed by atoms with Gasteiger partial charge in [-0.15, -0.1) is 0 Å². The third kappa shape index (κ3) is 5.35. The molecule has 3 aromatic carbocycles. The maximum Gasteiger partial charge on any atom is 0.352 e. The molecule has 0 bridgehead atoms. The van der Waals surface area contributed by atoms with Crippen LogP contribution in [0.4, 0.5) is 0 Å². The van der Waals surface area contributed by atoms with Crippen molar-refractivity contribution in [3.05, 3.63) is 128 Å². The number of aromatic nitrogens is 3. The fraction of sp³-hybridized carbons (Fsp3) is 0.241. The van der Waals surface area contributed by atoms with Gasteiger partial charge in [0.15, 0.2) is 0 Å². The molecule has 0 fully saturated rings. The van der Waals surface area contributed by atoms with E-state index in [0.717, 1.165) is 31.5 Å². The molecule has 1 N–H and O–H groups in total. The van der Waals surface area contributed by atoms with Gasteiger partial charge in [0.2, 0.25) is 5.69 Å². The molecule has 184 valence electrons. The number of hydrogen-bond donors (Lipinski definition) is 1. The highest BCUT2D eigenvalue weighted by molar-refractivity contribution is 5.92. The third-order valence-corrected chi connectivity index (χ3v) is 6.19. The summed E-state index contributed by atoms with van der Waals surface area (Å²) in [5, 5.41) is 7.08. The predicted molar refractivity (Wildman–Crippen MR) is 141 cm³/mol. The number of carbonyl (C=O) groups excluding carboxylic acids is 1. The number of nitrogens with zero attached hydrogens (tertiary/aromatic N) is 3. The first kappa shape index (κ1) is 24.9. The Bertz CT molecular complexity index is 1470. The minimum Gasteiger partial charge on any atom is -0.344 e. The lowest BCUT2D eigenvalue weighted by molar-refractivity contribution is 0.0930. The van der Waals surface area contributed by atoms with Crippen molar-refractivity contribution in [1.29, 1.82) is 0 Å². The van der Waals surface area contributed by atoms with Gasteiger partial charge in [0.05, 0.1) is 18.3 Å². The second-order valence-corrected chi connectivity index (χ2v) is 9.27. The third-order valence-electron chi connectivity index (χ3n) is 6.19. The molecular weight excluding hydrogens is 452 g/mol. The summed E-state index contributed by atoms with van der Waals surface area (Å²) >= 11 is 0. The van der Waals surface area contributed by atoms with Crippen molar-refractivity contribution >= 4 is 5.91 Å². The molecule has 7 nitrogen and oxygen atoms in total. The van der Waals surface area contributed by atoms with E-state index >= 15 is 0 Å². The minimum absolute atomic E-state index is 0.0268. The van der Waals surface area contributed by atoms with Crippen LogP contribution in [0.25, 0.3) is 5.69 Å². The molecule has 1 atom stereocenters. The van der Waals surface area contributed by atoms with E-state index in [2.05, 4.69) is 24.3 Å². The summed E-state index contributed by atoms with van der Waals surface area (Å²) in [7, 11) is 0. The zero-order chi connectivity index (χ0) is 25.8. The quantitative estimate of drug-likeness (QED) is 0.424. The van der Waals surface area contributed by atoms with Crippen molar-refractivity contribution in [2.24, 2.45) is 0 Å². The summed E-state index contributed by atoms with van der Waals surface area (Å²) in [6.45, 7) is 7.99.